The lowest BCUT2D eigenvalue weighted by atomic mass is 10.0. The molecule has 222 valence electrons. The van der Waals surface area contributed by atoms with E-state index in [-0.39, 0.29) is 57.1 Å². The zero-order valence-corrected chi connectivity index (χ0v) is 22.4. The van der Waals surface area contributed by atoms with Crippen LogP contribution < -0.4 is 50.4 Å². The van der Waals surface area contributed by atoms with E-state index in [9.17, 15) is 29.1 Å². The number of nitrogens with zero attached hydrogens (tertiary/aromatic N) is 2. The fourth-order valence-corrected chi connectivity index (χ4v) is 3.30. The molecule has 0 radical (unpaired) electrons. The van der Waals surface area contributed by atoms with Crippen LogP contribution in [0.15, 0.2) is 9.98 Å². The zero-order chi connectivity index (χ0) is 30.1. The van der Waals surface area contributed by atoms with Crippen LogP contribution in [0.2, 0.25) is 0 Å². The Balaban J connectivity index is 5.40. The van der Waals surface area contributed by atoms with Gasteiger partial charge < -0.3 is 55.5 Å². The average molecular weight is 558 g/mol. The van der Waals surface area contributed by atoms with Crippen molar-refractivity contribution in [1.82, 2.24) is 16.0 Å². The number of amides is 4. The lowest BCUT2D eigenvalue weighted by Gasteiger charge is -2.27. The summed E-state index contributed by atoms with van der Waals surface area (Å²) in [6, 6.07) is -4.65. The number of carbonyl (C=O) groups is 5. The van der Waals surface area contributed by atoms with Crippen molar-refractivity contribution in [2.75, 3.05) is 13.1 Å². The molecular formula is C22H43N11O6. The second-order valence-electron chi connectivity index (χ2n) is 9.20. The standard InChI is InChI=1S/C22H43N11O6/c1-11(2)16(19(37)32-14(20(38)39)6-4-10-30-22(27)28)33-18(36)13(7-8-15(24)34)31-17(35)12(23)5-3-9-29-21(25)26/h11-14,16H,3-10,23H2,1-2H3,(H2,24,34)(H,31,35)(H,32,37)(H,33,36)(H,38,39)(H4,25,26,29)(H4,27,28,30). The number of aliphatic carboxylic acids is 1. The van der Waals surface area contributed by atoms with E-state index in [1.165, 1.54) is 0 Å². The van der Waals surface area contributed by atoms with Crippen molar-refractivity contribution < 1.29 is 29.1 Å². The minimum absolute atomic E-state index is 0.0367. The van der Waals surface area contributed by atoms with Gasteiger partial charge in [-0.05, 0) is 38.0 Å². The minimum Gasteiger partial charge on any atom is -0.480 e. The first-order chi connectivity index (χ1) is 18.1. The van der Waals surface area contributed by atoms with Crippen molar-refractivity contribution in [2.24, 2.45) is 50.3 Å². The molecule has 0 fully saturated rings. The number of carboxylic acid groups (broad SMARTS) is 1. The molecule has 4 atom stereocenters. The molecule has 0 saturated carbocycles. The van der Waals surface area contributed by atoms with Crippen LogP contribution in [0.25, 0.3) is 0 Å². The molecule has 17 nitrogen and oxygen atoms in total. The van der Waals surface area contributed by atoms with Gasteiger partial charge in [0.1, 0.15) is 18.1 Å². The fraction of sp³-hybridized carbons (Fsp3) is 0.682. The van der Waals surface area contributed by atoms with Crippen molar-refractivity contribution in [3.63, 3.8) is 0 Å². The van der Waals surface area contributed by atoms with E-state index < -0.39 is 59.7 Å². The first-order valence-electron chi connectivity index (χ1n) is 12.4. The summed E-state index contributed by atoms with van der Waals surface area (Å²) in [5, 5.41) is 16.9. The quantitative estimate of drug-likeness (QED) is 0.0413. The van der Waals surface area contributed by atoms with E-state index in [4.69, 9.17) is 34.4 Å². The third-order valence-corrected chi connectivity index (χ3v) is 5.42. The summed E-state index contributed by atoms with van der Waals surface area (Å²) in [6.45, 7) is 3.71. The number of carboxylic acids is 1. The van der Waals surface area contributed by atoms with E-state index >= 15 is 0 Å². The molecule has 39 heavy (non-hydrogen) atoms. The average Bonchev–Trinajstić information content (AvgIpc) is 2.83. The summed E-state index contributed by atoms with van der Waals surface area (Å²) in [5.74, 6) is -4.86. The largest absolute Gasteiger partial charge is 0.480 e. The van der Waals surface area contributed by atoms with Gasteiger partial charge in [0.15, 0.2) is 11.9 Å². The molecule has 0 spiro atoms. The van der Waals surface area contributed by atoms with E-state index in [2.05, 4.69) is 25.9 Å². The van der Waals surface area contributed by atoms with Gasteiger partial charge in [-0.2, -0.15) is 0 Å². The molecule has 0 saturated heterocycles. The number of primary amides is 1. The van der Waals surface area contributed by atoms with E-state index in [1.807, 2.05) is 0 Å². The maximum Gasteiger partial charge on any atom is 0.326 e. The summed E-state index contributed by atoms with van der Waals surface area (Å²) in [5.41, 5.74) is 32.1. The molecule has 17 heteroatoms. The van der Waals surface area contributed by atoms with Crippen LogP contribution in [0.5, 0.6) is 0 Å². The van der Waals surface area contributed by atoms with Gasteiger partial charge in [0.2, 0.25) is 23.6 Å². The number of rotatable bonds is 19. The van der Waals surface area contributed by atoms with Gasteiger partial charge in [0.05, 0.1) is 6.04 Å². The maximum atomic E-state index is 13.1. The number of hydrogen-bond acceptors (Lipinski definition) is 8. The normalized spacial score (nSPS) is 13.7. The molecule has 0 heterocycles. The Kier molecular flexibility index (Phi) is 16.2. The van der Waals surface area contributed by atoms with Gasteiger partial charge in [0.25, 0.3) is 0 Å². The number of nitrogens with one attached hydrogen (secondary N) is 3. The van der Waals surface area contributed by atoms with Gasteiger partial charge in [-0.1, -0.05) is 13.8 Å². The van der Waals surface area contributed by atoms with E-state index in [1.54, 1.807) is 13.8 Å². The Morgan fingerprint density at radius 3 is 1.69 bits per heavy atom. The Hall–Kier alpha value is -4.15. The third-order valence-electron chi connectivity index (χ3n) is 5.42. The Bertz CT molecular complexity index is 901. The molecule has 4 unspecified atom stereocenters. The summed E-state index contributed by atoms with van der Waals surface area (Å²) in [6.07, 6.45) is 0.548. The highest BCUT2D eigenvalue weighted by Crippen LogP contribution is 2.08. The fourth-order valence-electron chi connectivity index (χ4n) is 3.30. The van der Waals surface area contributed by atoms with Crippen LogP contribution in [0.1, 0.15) is 52.4 Å². The monoisotopic (exact) mass is 557 g/mol. The molecule has 16 N–H and O–H groups in total. The predicted molar refractivity (Wildman–Crippen MR) is 144 cm³/mol. The highest BCUT2D eigenvalue weighted by Gasteiger charge is 2.32. The molecule has 0 bridgehead atoms. The number of carbonyl (C=O) groups excluding carboxylic acids is 4. The van der Waals surface area contributed by atoms with Gasteiger partial charge >= 0.3 is 5.97 Å². The van der Waals surface area contributed by atoms with Crippen LogP contribution in [0.3, 0.4) is 0 Å². The summed E-state index contributed by atoms with van der Waals surface area (Å²) < 4.78 is 0. The summed E-state index contributed by atoms with van der Waals surface area (Å²) in [4.78, 5) is 69.1. The van der Waals surface area contributed by atoms with Crippen LogP contribution in [-0.4, -0.2) is 83.9 Å². The molecule has 0 aromatic rings. The topological polar surface area (TPSA) is 323 Å². The SMILES string of the molecule is CC(C)C(NC(=O)C(CCC(N)=O)NC(=O)C(N)CCCN=C(N)N)C(=O)NC(CCCN=C(N)N)C(=O)O. The van der Waals surface area contributed by atoms with Crippen LogP contribution >= 0.6 is 0 Å². The molecule has 0 aromatic carbocycles. The molecule has 0 aliphatic rings. The van der Waals surface area contributed by atoms with Crippen LogP contribution in [0, 0.1) is 5.92 Å². The smallest absolute Gasteiger partial charge is 0.326 e. The van der Waals surface area contributed by atoms with Gasteiger partial charge in [0, 0.05) is 19.5 Å². The minimum atomic E-state index is -1.28. The molecule has 0 aliphatic heterocycles. The third kappa shape index (κ3) is 15.6. The number of nitrogens with two attached hydrogens (primary N) is 6. The lowest BCUT2D eigenvalue weighted by Crippen LogP contribution is -2.58. The van der Waals surface area contributed by atoms with E-state index in [0.717, 1.165) is 0 Å². The molecule has 0 aliphatic carbocycles. The van der Waals surface area contributed by atoms with Crippen molar-refractivity contribution in [3.05, 3.63) is 0 Å². The number of guanidine groups is 2. The second-order valence-corrected chi connectivity index (χ2v) is 9.20. The van der Waals surface area contributed by atoms with Gasteiger partial charge in [-0.25, -0.2) is 4.79 Å². The first kappa shape index (κ1) is 34.9. The highest BCUT2D eigenvalue weighted by molar-refractivity contribution is 5.94. The zero-order valence-electron chi connectivity index (χ0n) is 22.4. The van der Waals surface area contributed by atoms with Gasteiger partial charge in [-0.15, -0.1) is 0 Å². The van der Waals surface area contributed by atoms with Crippen LogP contribution in [-0.2, 0) is 24.0 Å². The number of aliphatic imine (C=N–C) groups is 2. The highest BCUT2D eigenvalue weighted by atomic mass is 16.4. The van der Waals surface area contributed by atoms with E-state index in [0.29, 0.717) is 6.42 Å². The predicted octanol–water partition coefficient (Wildman–Crippen LogP) is -4.12. The number of hydrogen-bond donors (Lipinski definition) is 10. The molecule has 4 amide bonds. The lowest BCUT2D eigenvalue weighted by molar-refractivity contribution is -0.142. The van der Waals surface area contributed by atoms with Crippen molar-refractivity contribution in [1.29, 1.82) is 0 Å². The van der Waals surface area contributed by atoms with Gasteiger partial charge in [-0.3, -0.25) is 29.2 Å². The van der Waals surface area contributed by atoms with Crippen molar-refractivity contribution >= 4 is 41.5 Å². The first-order valence-corrected chi connectivity index (χ1v) is 12.4. The Morgan fingerprint density at radius 2 is 1.23 bits per heavy atom. The van der Waals surface area contributed by atoms with Crippen molar-refractivity contribution in [3.8, 4) is 0 Å². The molecule has 0 rings (SSSR count). The Morgan fingerprint density at radius 1 is 0.718 bits per heavy atom. The van der Waals surface area contributed by atoms with Crippen molar-refractivity contribution in [2.45, 2.75) is 76.5 Å². The van der Waals surface area contributed by atoms with Crippen LogP contribution in [0.4, 0.5) is 0 Å². The second kappa shape index (κ2) is 18.2. The summed E-state index contributed by atoms with van der Waals surface area (Å²) in [7, 11) is 0. The maximum absolute atomic E-state index is 13.1. The Labute approximate surface area is 226 Å². The summed E-state index contributed by atoms with van der Waals surface area (Å²) >= 11 is 0. The molecule has 0 aromatic heterocycles. The molecular weight excluding hydrogens is 514 g/mol.